The van der Waals surface area contributed by atoms with Crippen LogP contribution in [-0.2, 0) is 40.4 Å². The molecule has 0 bridgehead atoms. The number of alkyl halides is 3. The fraction of sp³-hybridized carbons (Fsp3) is 0.200. The molecule has 6 nitrogen and oxygen atoms in total. The smallest absolute Gasteiger partial charge is 0.348 e. The third kappa shape index (κ3) is 8.19. The van der Waals surface area contributed by atoms with Crippen LogP contribution in [-0.4, -0.2) is 25.6 Å². The van der Waals surface area contributed by atoms with Crippen LogP contribution >= 0.6 is 0 Å². The topological polar surface area (TPSA) is 88.2 Å². The summed E-state index contributed by atoms with van der Waals surface area (Å²) in [6.45, 7) is -0.0502. The van der Waals surface area contributed by atoms with Crippen molar-refractivity contribution in [1.82, 2.24) is 10.3 Å². The lowest BCUT2D eigenvalue weighted by Crippen LogP contribution is -2.20. The molecule has 1 aromatic heterocycles. The number of nitrogens with zero attached hydrogens (tertiary/aromatic N) is 1. The summed E-state index contributed by atoms with van der Waals surface area (Å²) in [5, 5.41) is 2.55. The molecule has 0 saturated heterocycles. The van der Waals surface area contributed by atoms with Crippen molar-refractivity contribution in [2.75, 3.05) is 11.0 Å². The average molecular weight is 522 g/mol. The Morgan fingerprint density at radius 2 is 1.72 bits per heavy atom. The molecule has 0 saturated carbocycles. The van der Waals surface area contributed by atoms with Crippen LogP contribution in [0.3, 0.4) is 0 Å². The molecule has 3 rings (SSSR count). The molecular formula is C25H23F4N3O3S. The number of benzene rings is 2. The van der Waals surface area contributed by atoms with Gasteiger partial charge in [-0.3, -0.25) is 9.52 Å². The number of carbonyl (C=O) groups is 1. The number of halogens is 4. The summed E-state index contributed by atoms with van der Waals surface area (Å²) >= 11 is 0. The Labute approximate surface area is 206 Å². The van der Waals surface area contributed by atoms with Gasteiger partial charge in [-0.15, -0.1) is 0 Å². The predicted molar refractivity (Wildman–Crippen MR) is 129 cm³/mol. The molecule has 1 heterocycles. The lowest BCUT2D eigenvalue weighted by Gasteiger charge is -2.11. The van der Waals surface area contributed by atoms with E-state index in [1.807, 2.05) is 35.1 Å². The number of carbonyl (C=O) groups excluding carboxylic acids is 1. The largest absolute Gasteiger partial charge is 0.433 e. The summed E-state index contributed by atoms with van der Waals surface area (Å²) in [6, 6.07) is 15.1. The molecule has 0 fully saturated rings. The standard InChI is InChI=1S/C25H23F4N3O3S/c1-36(34,35)32-22-12-8-18(15-20(22)26)16-30-24(33)14-10-19-9-13-23(25(27,28)29)31-21(19)11-7-17-5-3-2-4-6-17/h2-6,8-10,12-15,32H,7,11,16H2,1H3,(H,30,33)/b14-10-. The first kappa shape index (κ1) is 26.9. The number of anilines is 1. The summed E-state index contributed by atoms with van der Waals surface area (Å²) in [4.78, 5) is 16.0. The highest BCUT2D eigenvalue weighted by Crippen LogP contribution is 2.29. The number of hydrogen-bond acceptors (Lipinski definition) is 4. The molecule has 1 amide bonds. The lowest BCUT2D eigenvalue weighted by molar-refractivity contribution is -0.141. The van der Waals surface area contributed by atoms with E-state index in [9.17, 15) is 30.8 Å². The number of aromatic nitrogens is 1. The molecular weight excluding hydrogens is 498 g/mol. The summed E-state index contributed by atoms with van der Waals surface area (Å²) < 4.78 is 78.1. The second-order valence-corrected chi connectivity index (χ2v) is 9.70. The minimum Gasteiger partial charge on any atom is -0.348 e. The summed E-state index contributed by atoms with van der Waals surface area (Å²) in [7, 11) is -3.64. The number of amides is 1. The Kier molecular flexibility index (Phi) is 8.46. The summed E-state index contributed by atoms with van der Waals surface area (Å²) in [5.41, 5.74) is 0.667. The van der Waals surface area contributed by atoms with Crippen LogP contribution < -0.4 is 10.0 Å². The van der Waals surface area contributed by atoms with Gasteiger partial charge in [0, 0.05) is 18.3 Å². The zero-order valence-electron chi connectivity index (χ0n) is 19.1. The van der Waals surface area contributed by atoms with Crippen LogP contribution in [0.4, 0.5) is 23.2 Å². The molecule has 0 aliphatic rings. The van der Waals surface area contributed by atoms with Gasteiger partial charge in [0.2, 0.25) is 15.9 Å². The number of hydrogen-bond donors (Lipinski definition) is 2. The van der Waals surface area contributed by atoms with Gasteiger partial charge in [0.25, 0.3) is 0 Å². The van der Waals surface area contributed by atoms with Gasteiger partial charge in [0.1, 0.15) is 11.5 Å². The first-order chi connectivity index (χ1) is 16.9. The van der Waals surface area contributed by atoms with Crippen molar-refractivity contribution in [1.29, 1.82) is 0 Å². The summed E-state index contributed by atoms with van der Waals surface area (Å²) in [5.74, 6) is -1.36. The van der Waals surface area contributed by atoms with Gasteiger partial charge in [-0.25, -0.2) is 17.8 Å². The second kappa shape index (κ2) is 11.3. The van der Waals surface area contributed by atoms with Crippen LogP contribution in [0.25, 0.3) is 6.08 Å². The zero-order valence-corrected chi connectivity index (χ0v) is 20.0. The SMILES string of the molecule is CS(=O)(=O)Nc1ccc(CNC(=O)/C=C\c2ccc(C(F)(F)F)nc2CCc2ccccc2)cc1F. The van der Waals surface area contributed by atoms with E-state index >= 15 is 0 Å². The number of aryl methyl sites for hydroxylation is 2. The molecule has 0 aliphatic heterocycles. The quantitative estimate of drug-likeness (QED) is 0.315. The Bertz CT molecular complexity index is 1360. The molecule has 0 spiro atoms. The van der Waals surface area contributed by atoms with E-state index < -0.39 is 33.6 Å². The van der Waals surface area contributed by atoms with Crippen LogP contribution in [0.5, 0.6) is 0 Å². The van der Waals surface area contributed by atoms with Crippen molar-refractivity contribution < 1.29 is 30.8 Å². The fourth-order valence-electron chi connectivity index (χ4n) is 3.29. The van der Waals surface area contributed by atoms with Gasteiger partial charge in [0.15, 0.2) is 0 Å². The molecule has 0 atom stereocenters. The van der Waals surface area contributed by atoms with Gasteiger partial charge in [0.05, 0.1) is 11.9 Å². The van der Waals surface area contributed by atoms with E-state index in [1.54, 1.807) is 0 Å². The third-order valence-electron chi connectivity index (χ3n) is 5.00. The number of sulfonamides is 1. The molecule has 36 heavy (non-hydrogen) atoms. The summed E-state index contributed by atoms with van der Waals surface area (Å²) in [6.07, 6.45) is -0.454. The molecule has 0 radical (unpaired) electrons. The van der Waals surface area contributed by atoms with Crippen molar-refractivity contribution in [3.8, 4) is 0 Å². The lowest BCUT2D eigenvalue weighted by atomic mass is 10.0. The van der Waals surface area contributed by atoms with E-state index in [-0.39, 0.29) is 24.3 Å². The monoisotopic (exact) mass is 521 g/mol. The van der Waals surface area contributed by atoms with Crippen LogP contribution in [0.1, 0.15) is 28.1 Å². The number of rotatable bonds is 9. The van der Waals surface area contributed by atoms with E-state index in [0.29, 0.717) is 17.5 Å². The van der Waals surface area contributed by atoms with Gasteiger partial charge >= 0.3 is 6.18 Å². The maximum atomic E-state index is 14.1. The van der Waals surface area contributed by atoms with Crippen LogP contribution in [0.2, 0.25) is 0 Å². The molecule has 11 heteroatoms. The van der Waals surface area contributed by atoms with E-state index in [4.69, 9.17) is 0 Å². The van der Waals surface area contributed by atoms with Gasteiger partial charge in [-0.2, -0.15) is 13.2 Å². The maximum Gasteiger partial charge on any atom is 0.433 e. The minimum atomic E-state index is -4.59. The van der Waals surface area contributed by atoms with Gasteiger partial charge < -0.3 is 5.32 Å². The number of nitrogens with one attached hydrogen (secondary N) is 2. The molecule has 3 aromatic rings. The van der Waals surface area contributed by atoms with E-state index in [2.05, 4.69) is 10.3 Å². The van der Waals surface area contributed by atoms with Crippen molar-refractivity contribution in [2.45, 2.75) is 25.6 Å². The molecule has 190 valence electrons. The third-order valence-corrected chi connectivity index (χ3v) is 5.59. The van der Waals surface area contributed by atoms with Gasteiger partial charge in [-0.05, 0) is 53.8 Å². The predicted octanol–water partition coefficient (Wildman–Crippen LogP) is 4.73. The number of pyridine rings is 1. The highest BCUT2D eigenvalue weighted by Gasteiger charge is 2.32. The van der Waals surface area contributed by atoms with Crippen molar-refractivity contribution >= 4 is 27.7 Å². The highest BCUT2D eigenvalue weighted by molar-refractivity contribution is 7.92. The Morgan fingerprint density at radius 1 is 1.00 bits per heavy atom. The molecule has 0 unspecified atom stereocenters. The van der Waals surface area contributed by atoms with E-state index in [0.717, 1.165) is 30.0 Å². The zero-order chi connectivity index (χ0) is 26.3. The molecule has 2 N–H and O–H groups in total. The van der Waals surface area contributed by atoms with Crippen LogP contribution in [0.15, 0.2) is 66.7 Å². The van der Waals surface area contributed by atoms with Crippen LogP contribution in [0, 0.1) is 5.82 Å². The highest BCUT2D eigenvalue weighted by atomic mass is 32.2. The first-order valence-corrected chi connectivity index (χ1v) is 12.6. The van der Waals surface area contributed by atoms with Crippen molar-refractivity contribution in [3.63, 3.8) is 0 Å². The Morgan fingerprint density at radius 3 is 2.36 bits per heavy atom. The first-order valence-electron chi connectivity index (χ1n) is 10.7. The Balaban J connectivity index is 1.69. The van der Waals surface area contributed by atoms with Crippen molar-refractivity contribution in [3.05, 3.63) is 101 Å². The maximum absolute atomic E-state index is 14.1. The second-order valence-electron chi connectivity index (χ2n) is 7.96. The molecule has 2 aromatic carbocycles. The van der Waals surface area contributed by atoms with Crippen molar-refractivity contribution in [2.24, 2.45) is 0 Å². The fourth-order valence-corrected chi connectivity index (χ4v) is 3.86. The Hall–Kier alpha value is -3.73. The van der Waals surface area contributed by atoms with E-state index in [1.165, 1.54) is 24.3 Å². The van der Waals surface area contributed by atoms with Gasteiger partial charge in [-0.1, -0.05) is 42.5 Å². The minimum absolute atomic E-state index is 0.0502. The average Bonchev–Trinajstić information content (AvgIpc) is 2.81. The normalized spacial score (nSPS) is 12.0. The molecule has 0 aliphatic carbocycles.